The number of hydrogen-bond acceptors (Lipinski definition) is 4. The Labute approximate surface area is 117 Å². The summed E-state index contributed by atoms with van der Waals surface area (Å²) in [5.74, 6) is 0.391. The molecule has 0 amide bonds. The van der Waals surface area contributed by atoms with Gasteiger partial charge >= 0.3 is 0 Å². The van der Waals surface area contributed by atoms with Crippen LogP contribution in [0.3, 0.4) is 0 Å². The van der Waals surface area contributed by atoms with Gasteiger partial charge in [-0.05, 0) is 12.1 Å². The number of benzene rings is 1. The number of nitrogens with two attached hydrogens (primary N) is 1. The van der Waals surface area contributed by atoms with E-state index in [1.807, 2.05) is 24.3 Å². The van der Waals surface area contributed by atoms with Crippen molar-refractivity contribution in [1.82, 2.24) is 14.4 Å². The van der Waals surface area contributed by atoms with E-state index in [1.165, 1.54) is 0 Å². The van der Waals surface area contributed by atoms with Crippen molar-refractivity contribution in [1.29, 1.82) is 0 Å². The Morgan fingerprint density at radius 3 is 2.68 bits per heavy atom. The third-order valence-electron chi connectivity index (χ3n) is 2.90. The summed E-state index contributed by atoms with van der Waals surface area (Å²) in [6.45, 7) is -0.115. The zero-order valence-corrected chi connectivity index (χ0v) is 11.5. The predicted molar refractivity (Wildman–Crippen MR) is 76.5 cm³/mol. The molecule has 19 heavy (non-hydrogen) atoms. The summed E-state index contributed by atoms with van der Waals surface area (Å²) in [4.78, 5) is 8.50. The quantitative estimate of drug-likeness (QED) is 0.759. The highest BCUT2D eigenvalue weighted by molar-refractivity contribution is 9.10. The van der Waals surface area contributed by atoms with E-state index in [9.17, 15) is 5.11 Å². The van der Waals surface area contributed by atoms with Gasteiger partial charge in [0.1, 0.15) is 5.82 Å². The fraction of sp³-hybridized carbons (Fsp3) is 0.0769. The van der Waals surface area contributed by atoms with Gasteiger partial charge in [-0.15, -0.1) is 0 Å². The molecular weight excluding hydrogens is 308 g/mol. The van der Waals surface area contributed by atoms with Crippen LogP contribution in [0.4, 0.5) is 5.82 Å². The minimum atomic E-state index is -0.115. The molecule has 6 heteroatoms. The standard InChI is InChI=1S/C13H11BrN4O/c14-9-3-1-8(2-4-9)13-10(7-19)18-6-11(15)16-5-12(18)17-13/h1-6,19H,7,15H2. The first kappa shape index (κ1) is 12.1. The zero-order valence-electron chi connectivity index (χ0n) is 9.92. The van der Waals surface area contributed by atoms with Gasteiger partial charge in [0.05, 0.1) is 30.4 Å². The van der Waals surface area contributed by atoms with Crippen LogP contribution in [-0.4, -0.2) is 19.5 Å². The molecule has 0 unspecified atom stereocenters. The Balaban J connectivity index is 2.25. The molecule has 0 atom stereocenters. The second kappa shape index (κ2) is 4.64. The first-order valence-corrected chi connectivity index (χ1v) is 6.47. The molecule has 0 aliphatic rings. The number of hydrogen-bond donors (Lipinski definition) is 2. The Morgan fingerprint density at radius 1 is 1.26 bits per heavy atom. The first-order valence-electron chi connectivity index (χ1n) is 5.68. The van der Waals surface area contributed by atoms with Crippen molar-refractivity contribution in [3.8, 4) is 11.3 Å². The number of halogens is 1. The second-order valence-corrected chi connectivity index (χ2v) is 5.03. The van der Waals surface area contributed by atoms with Gasteiger partial charge < -0.3 is 10.8 Å². The molecule has 0 bridgehead atoms. The van der Waals surface area contributed by atoms with Crippen LogP contribution in [0.1, 0.15) is 5.69 Å². The van der Waals surface area contributed by atoms with E-state index in [2.05, 4.69) is 25.9 Å². The topological polar surface area (TPSA) is 76.4 Å². The van der Waals surface area contributed by atoms with Gasteiger partial charge in [-0.3, -0.25) is 4.40 Å². The lowest BCUT2D eigenvalue weighted by Gasteiger charge is -2.02. The molecule has 3 N–H and O–H groups in total. The summed E-state index contributed by atoms with van der Waals surface area (Å²) in [6.07, 6.45) is 3.26. The maximum Gasteiger partial charge on any atom is 0.156 e. The fourth-order valence-electron chi connectivity index (χ4n) is 2.01. The molecule has 0 aliphatic carbocycles. The summed E-state index contributed by atoms with van der Waals surface area (Å²) in [5, 5.41) is 9.58. The summed E-state index contributed by atoms with van der Waals surface area (Å²) in [7, 11) is 0. The van der Waals surface area contributed by atoms with E-state index < -0.39 is 0 Å². The number of aliphatic hydroxyl groups excluding tert-OH is 1. The normalized spacial score (nSPS) is 11.1. The van der Waals surface area contributed by atoms with E-state index in [0.717, 1.165) is 15.7 Å². The first-order chi connectivity index (χ1) is 9.19. The van der Waals surface area contributed by atoms with Crippen LogP contribution < -0.4 is 5.73 Å². The Kier molecular flexibility index (Phi) is 2.96. The van der Waals surface area contributed by atoms with E-state index in [4.69, 9.17) is 5.73 Å². The molecule has 1 aromatic carbocycles. The summed E-state index contributed by atoms with van der Waals surface area (Å²) in [6, 6.07) is 7.77. The highest BCUT2D eigenvalue weighted by Gasteiger charge is 2.13. The molecule has 2 aromatic heterocycles. The van der Waals surface area contributed by atoms with Crippen molar-refractivity contribution in [3.63, 3.8) is 0 Å². The maximum absolute atomic E-state index is 9.58. The molecule has 3 rings (SSSR count). The summed E-state index contributed by atoms with van der Waals surface area (Å²) < 4.78 is 2.76. The van der Waals surface area contributed by atoms with Gasteiger partial charge in [0.25, 0.3) is 0 Å². The Bertz CT molecular complexity index is 736. The van der Waals surface area contributed by atoms with Crippen molar-refractivity contribution in [2.24, 2.45) is 0 Å². The molecule has 0 spiro atoms. The number of nitrogens with zero attached hydrogens (tertiary/aromatic N) is 3. The fourth-order valence-corrected chi connectivity index (χ4v) is 2.27. The van der Waals surface area contributed by atoms with Gasteiger partial charge in [-0.2, -0.15) is 0 Å². The molecule has 2 heterocycles. The number of nitrogen functional groups attached to an aromatic ring is 1. The molecule has 0 radical (unpaired) electrons. The van der Waals surface area contributed by atoms with Crippen molar-refractivity contribution >= 4 is 27.4 Å². The van der Waals surface area contributed by atoms with E-state index in [0.29, 0.717) is 17.2 Å². The van der Waals surface area contributed by atoms with Crippen LogP contribution in [0.2, 0.25) is 0 Å². The summed E-state index contributed by atoms with van der Waals surface area (Å²) in [5.41, 5.74) is 8.71. The number of fused-ring (bicyclic) bond motifs is 1. The molecule has 96 valence electrons. The van der Waals surface area contributed by atoms with Crippen molar-refractivity contribution in [3.05, 3.63) is 46.8 Å². The molecule has 3 aromatic rings. The van der Waals surface area contributed by atoms with Crippen LogP contribution in [-0.2, 0) is 6.61 Å². The highest BCUT2D eigenvalue weighted by atomic mass is 79.9. The maximum atomic E-state index is 9.58. The third kappa shape index (κ3) is 2.09. The number of rotatable bonds is 2. The molecule has 0 fully saturated rings. The van der Waals surface area contributed by atoms with Crippen LogP contribution >= 0.6 is 15.9 Å². The molecular formula is C13H11BrN4O. The van der Waals surface area contributed by atoms with Gasteiger partial charge in [0.15, 0.2) is 5.65 Å². The van der Waals surface area contributed by atoms with Gasteiger partial charge in [-0.25, -0.2) is 9.97 Å². The average molecular weight is 319 g/mol. The second-order valence-electron chi connectivity index (χ2n) is 4.11. The minimum Gasteiger partial charge on any atom is -0.390 e. The Hall–Kier alpha value is -1.92. The molecule has 0 saturated carbocycles. The van der Waals surface area contributed by atoms with Crippen LogP contribution in [0.15, 0.2) is 41.1 Å². The lowest BCUT2D eigenvalue weighted by Crippen LogP contribution is -1.98. The van der Waals surface area contributed by atoms with Crippen molar-refractivity contribution in [2.75, 3.05) is 5.73 Å². The monoisotopic (exact) mass is 318 g/mol. The van der Waals surface area contributed by atoms with E-state index >= 15 is 0 Å². The number of aliphatic hydroxyl groups is 1. The van der Waals surface area contributed by atoms with Crippen LogP contribution in [0.25, 0.3) is 16.9 Å². The average Bonchev–Trinajstić information content (AvgIpc) is 2.77. The number of aromatic nitrogens is 3. The zero-order chi connectivity index (χ0) is 13.4. The summed E-state index contributed by atoms with van der Waals surface area (Å²) >= 11 is 3.40. The van der Waals surface area contributed by atoms with Crippen LogP contribution in [0, 0.1) is 0 Å². The lowest BCUT2D eigenvalue weighted by atomic mass is 10.1. The predicted octanol–water partition coefficient (Wildman–Crippen LogP) is 2.23. The van der Waals surface area contributed by atoms with Crippen molar-refractivity contribution < 1.29 is 5.11 Å². The Morgan fingerprint density at radius 2 is 2.00 bits per heavy atom. The molecule has 0 aliphatic heterocycles. The SMILES string of the molecule is Nc1cn2c(CO)c(-c3ccc(Br)cc3)nc2cn1. The van der Waals surface area contributed by atoms with E-state index in [-0.39, 0.29) is 6.61 Å². The van der Waals surface area contributed by atoms with Crippen LogP contribution in [0.5, 0.6) is 0 Å². The van der Waals surface area contributed by atoms with Gasteiger partial charge in [0.2, 0.25) is 0 Å². The number of imidazole rings is 1. The minimum absolute atomic E-state index is 0.115. The molecule has 0 saturated heterocycles. The van der Waals surface area contributed by atoms with Gasteiger partial charge in [-0.1, -0.05) is 28.1 Å². The third-order valence-corrected chi connectivity index (χ3v) is 3.42. The highest BCUT2D eigenvalue weighted by Crippen LogP contribution is 2.26. The van der Waals surface area contributed by atoms with Gasteiger partial charge in [0, 0.05) is 10.0 Å². The lowest BCUT2D eigenvalue weighted by molar-refractivity contribution is 0.276. The largest absolute Gasteiger partial charge is 0.390 e. The smallest absolute Gasteiger partial charge is 0.156 e. The molecule has 5 nitrogen and oxygen atoms in total. The number of anilines is 1. The van der Waals surface area contributed by atoms with E-state index in [1.54, 1.807) is 16.8 Å². The van der Waals surface area contributed by atoms with Crippen molar-refractivity contribution in [2.45, 2.75) is 6.61 Å².